The number of hydrogen-bond acceptors (Lipinski definition) is 4. The zero-order valence-electron chi connectivity index (χ0n) is 11.8. The molecule has 3 nitrogen and oxygen atoms in total. The molecule has 0 amide bonds. The Labute approximate surface area is 147 Å². The normalized spacial score (nSPS) is 11.0. The van der Waals surface area contributed by atoms with Crippen LogP contribution in [0.3, 0.4) is 0 Å². The van der Waals surface area contributed by atoms with E-state index in [0.29, 0.717) is 10.0 Å². The lowest BCUT2D eigenvalue weighted by Gasteiger charge is -2.06. The molecular formula is C15H13Cl2N3S2. The highest BCUT2D eigenvalue weighted by Crippen LogP contribution is 2.30. The van der Waals surface area contributed by atoms with Gasteiger partial charge in [0.25, 0.3) is 0 Å². The van der Waals surface area contributed by atoms with Crippen molar-refractivity contribution < 1.29 is 0 Å². The van der Waals surface area contributed by atoms with Crippen molar-refractivity contribution in [3.8, 4) is 10.7 Å². The average molecular weight is 370 g/mol. The minimum absolute atomic E-state index is 0.576. The molecule has 0 fully saturated rings. The lowest BCUT2D eigenvalue weighted by Crippen LogP contribution is -1.99. The Bertz CT molecular complexity index is 769. The minimum atomic E-state index is 0.576. The Kier molecular flexibility index (Phi) is 5.08. The summed E-state index contributed by atoms with van der Waals surface area (Å²) in [6, 6.07) is 9.78. The van der Waals surface area contributed by atoms with Gasteiger partial charge in [0.1, 0.15) is 0 Å². The number of halogens is 2. The quantitative estimate of drug-likeness (QED) is 0.546. The molecule has 0 atom stereocenters. The van der Waals surface area contributed by atoms with Crippen LogP contribution in [0.2, 0.25) is 10.0 Å². The van der Waals surface area contributed by atoms with Crippen LogP contribution in [-0.4, -0.2) is 14.8 Å². The van der Waals surface area contributed by atoms with E-state index in [1.54, 1.807) is 23.1 Å². The fourth-order valence-corrected chi connectivity index (χ4v) is 4.03. The number of nitrogens with zero attached hydrogens (tertiary/aromatic N) is 3. The molecule has 22 heavy (non-hydrogen) atoms. The third kappa shape index (κ3) is 3.33. The largest absolute Gasteiger partial charge is 0.302 e. The topological polar surface area (TPSA) is 30.7 Å². The van der Waals surface area contributed by atoms with Gasteiger partial charge >= 0.3 is 0 Å². The number of thiophene rings is 1. The Balaban J connectivity index is 1.79. The van der Waals surface area contributed by atoms with Crippen molar-refractivity contribution in [3.63, 3.8) is 0 Å². The first-order valence-electron chi connectivity index (χ1n) is 6.73. The van der Waals surface area contributed by atoms with Crippen LogP contribution >= 0.6 is 46.3 Å². The molecule has 0 aliphatic heterocycles. The van der Waals surface area contributed by atoms with Gasteiger partial charge in [-0.2, -0.15) is 0 Å². The molecule has 0 saturated carbocycles. The number of thioether (sulfide) groups is 1. The van der Waals surface area contributed by atoms with Crippen molar-refractivity contribution in [2.75, 3.05) is 0 Å². The zero-order valence-corrected chi connectivity index (χ0v) is 14.9. The molecule has 0 saturated heterocycles. The molecule has 1 aromatic carbocycles. The van der Waals surface area contributed by atoms with Gasteiger partial charge in [0, 0.05) is 12.3 Å². The predicted molar refractivity (Wildman–Crippen MR) is 95.0 cm³/mol. The predicted octanol–water partition coefficient (Wildman–Crippen LogP) is 5.63. The third-order valence-electron chi connectivity index (χ3n) is 3.13. The fourth-order valence-electron chi connectivity index (χ4n) is 2.05. The van der Waals surface area contributed by atoms with E-state index < -0.39 is 0 Å². The van der Waals surface area contributed by atoms with Crippen molar-refractivity contribution >= 4 is 46.3 Å². The van der Waals surface area contributed by atoms with E-state index in [1.807, 2.05) is 29.6 Å². The van der Waals surface area contributed by atoms with Gasteiger partial charge in [-0.05, 0) is 36.1 Å². The molecular weight excluding hydrogens is 357 g/mol. The van der Waals surface area contributed by atoms with Crippen LogP contribution in [0.25, 0.3) is 10.7 Å². The fraction of sp³-hybridized carbons (Fsp3) is 0.200. The van der Waals surface area contributed by atoms with Crippen LogP contribution in [0.5, 0.6) is 0 Å². The highest BCUT2D eigenvalue weighted by Gasteiger charge is 2.14. The Morgan fingerprint density at radius 1 is 1.18 bits per heavy atom. The monoisotopic (exact) mass is 369 g/mol. The smallest absolute Gasteiger partial charge is 0.191 e. The molecule has 0 bridgehead atoms. The lowest BCUT2D eigenvalue weighted by atomic mass is 10.2. The number of hydrogen-bond donors (Lipinski definition) is 0. The van der Waals surface area contributed by atoms with Crippen molar-refractivity contribution in [2.45, 2.75) is 24.4 Å². The summed E-state index contributed by atoms with van der Waals surface area (Å²) in [6.45, 7) is 2.94. The van der Waals surface area contributed by atoms with Crippen LogP contribution in [0.15, 0.2) is 40.9 Å². The Morgan fingerprint density at radius 3 is 2.73 bits per heavy atom. The highest BCUT2D eigenvalue weighted by atomic mass is 35.5. The number of rotatable bonds is 5. The first-order chi connectivity index (χ1) is 10.7. The van der Waals surface area contributed by atoms with Crippen molar-refractivity contribution in [1.82, 2.24) is 14.8 Å². The molecule has 114 valence electrons. The molecule has 0 aliphatic carbocycles. The first-order valence-corrected chi connectivity index (χ1v) is 9.35. The summed E-state index contributed by atoms with van der Waals surface area (Å²) in [5.41, 5.74) is 1.11. The molecule has 0 unspecified atom stereocenters. The molecule has 0 radical (unpaired) electrons. The van der Waals surface area contributed by atoms with E-state index in [1.165, 1.54) is 0 Å². The minimum Gasteiger partial charge on any atom is -0.302 e. The maximum Gasteiger partial charge on any atom is 0.191 e. The van der Waals surface area contributed by atoms with Crippen molar-refractivity contribution in [1.29, 1.82) is 0 Å². The van der Waals surface area contributed by atoms with E-state index in [2.05, 4.69) is 27.8 Å². The van der Waals surface area contributed by atoms with Crippen molar-refractivity contribution in [3.05, 3.63) is 51.3 Å². The molecule has 2 aromatic heterocycles. The summed E-state index contributed by atoms with van der Waals surface area (Å²) in [7, 11) is 0. The van der Waals surface area contributed by atoms with E-state index in [9.17, 15) is 0 Å². The summed E-state index contributed by atoms with van der Waals surface area (Å²) in [5, 5.41) is 12.8. The Morgan fingerprint density at radius 2 is 2.05 bits per heavy atom. The maximum absolute atomic E-state index is 6.05. The molecule has 0 spiro atoms. The maximum atomic E-state index is 6.05. The summed E-state index contributed by atoms with van der Waals surface area (Å²) < 4.78 is 2.13. The molecule has 2 heterocycles. The number of benzene rings is 1. The van der Waals surface area contributed by atoms with Gasteiger partial charge in [-0.15, -0.1) is 21.5 Å². The summed E-state index contributed by atoms with van der Waals surface area (Å²) >= 11 is 15.3. The second kappa shape index (κ2) is 7.04. The van der Waals surface area contributed by atoms with E-state index in [0.717, 1.165) is 33.7 Å². The highest BCUT2D eigenvalue weighted by molar-refractivity contribution is 7.98. The van der Waals surface area contributed by atoms with E-state index in [4.69, 9.17) is 23.2 Å². The SMILES string of the molecule is CCn1c(SCc2ccc(Cl)c(Cl)c2)nnc1-c1cccs1. The third-order valence-corrected chi connectivity index (χ3v) is 5.77. The molecule has 3 rings (SSSR count). The zero-order chi connectivity index (χ0) is 15.5. The summed E-state index contributed by atoms with van der Waals surface area (Å²) in [5.74, 6) is 1.70. The Hall–Kier alpha value is -1.01. The molecule has 3 aromatic rings. The second-order valence-corrected chi connectivity index (χ2v) is 7.27. The van der Waals surface area contributed by atoms with Gasteiger partial charge in [-0.3, -0.25) is 0 Å². The average Bonchev–Trinajstić information content (AvgIpc) is 3.16. The van der Waals surface area contributed by atoms with Gasteiger partial charge in [0.15, 0.2) is 11.0 Å². The van der Waals surface area contributed by atoms with Gasteiger partial charge in [-0.1, -0.05) is 47.1 Å². The van der Waals surface area contributed by atoms with Crippen LogP contribution in [0.1, 0.15) is 12.5 Å². The van der Waals surface area contributed by atoms with Gasteiger partial charge in [-0.25, -0.2) is 0 Å². The lowest BCUT2D eigenvalue weighted by molar-refractivity contribution is 0.688. The van der Waals surface area contributed by atoms with Gasteiger partial charge in [0.2, 0.25) is 0 Å². The van der Waals surface area contributed by atoms with E-state index >= 15 is 0 Å². The van der Waals surface area contributed by atoms with Crippen LogP contribution in [-0.2, 0) is 12.3 Å². The van der Waals surface area contributed by atoms with E-state index in [-0.39, 0.29) is 0 Å². The summed E-state index contributed by atoms with van der Waals surface area (Å²) in [4.78, 5) is 1.13. The van der Waals surface area contributed by atoms with Crippen LogP contribution in [0, 0.1) is 0 Å². The molecule has 0 N–H and O–H groups in total. The van der Waals surface area contributed by atoms with Gasteiger partial charge in [0.05, 0.1) is 14.9 Å². The molecule has 0 aliphatic rings. The second-order valence-electron chi connectivity index (χ2n) is 4.56. The van der Waals surface area contributed by atoms with Crippen LogP contribution < -0.4 is 0 Å². The summed E-state index contributed by atoms with van der Waals surface area (Å²) in [6.07, 6.45) is 0. The van der Waals surface area contributed by atoms with Crippen molar-refractivity contribution in [2.24, 2.45) is 0 Å². The molecule has 7 heteroatoms. The van der Waals surface area contributed by atoms with Crippen LogP contribution in [0.4, 0.5) is 0 Å². The van der Waals surface area contributed by atoms with Gasteiger partial charge < -0.3 is 4.57 Å². The number of aromatic nitrogens is 3. The first kappa shape index (κ1) is 15.9. The standard InChI is InChI=1S/C15H13Cl2N3S2/c1-2-20-14(13-4-3-7-21-13)18-19-15(20)22-9-10-5-6-11(16)12(17)8-10/h3-8H,2,9H2,1H3.